The number of carbonyl (C=O) groups excluding carboxylic acids is 1. The van der Waals surface area contributed by atoms with Crippen molar-refractivity contribution in [2.45, 2.75) is 69.2 Å². The number of benzene rings is 1. The van der Waals surface area contributed by atoms with Crippen LogP contribution in [0.15, 0.2) is 29.4 Å². The Kier molecular flexibility index (Phi) is 6.62. The molecule has 0 unspecified atom stereocenters. The highest BCUT2D eigenvalue weighted by molar-refractivity contribution is 7.89. The molecule has 4 heterocycles. The van der Waals surface area contributed by atoms with Gasteiger partial charge in [0.2, 0.25) is 21.1 Å². The van der Waals surface area contributed by atoms with Crippen molar-refractivity contribution in [2.24, 2.45) is 5.92 Å². The lowest BCUT2D eigenvalue weighted by Crippen LogP contribution is -2.40. The van der Waals surface area contributed by atoms with Crippen molar-refractivity contribution in [3.63, 3.8) is 0 Å². The molecule has 10 nitrogen and oxygen atoms in total. The van der Waals surface area contributed by atoms with Gasteiger partial charge in [-0.1, -0.05) is 31.3 Å². The summed E-state index contributed by atoms with van der Waals surface area (Å²) < 4.78 is 57.7. The smallest absolute Gasteiger partial charge is 0.291 e. The summed E-state index contributed by atoms with van der Waals surface area (Å²) in [5.74, 6) is 0.0795. The normalized spacial score (nSPS) is 17.9. The summed E-state index contributed by atoms with van der Waals surface area (Å²) in [5, 5.41) is 8.79. The quantitative estimate of drug-likeness (QED) is 0.335. The number of likely N-dealkylation sites (tertiary alicyclic amines) is 1. The first kappa shape index (κ1) is 27.1. The zero-order chi connectivity index (χ0) is 28.4. The SMILES string of the molecule is CC(C)C(=O)N1CCC(c2ncnc3c2c2ccc(S(=O)(=O)NC4(C)CC4)cc2n3-c2nnc(C(F)F)s2)CC1. The van der Waals surface area contributed by atoms with Gasteiger partial charge in [0, 0.05) is 41.2 Å². The van der Waals surface area contributed by atoms with Gasteiger partial charge in [0.05, 0.1) is 16.1 Å². The van der Waals surface area contributed by atoms with Crippen LogP contribution in [0.5, 0.6) is 0 Å². The minimum atomic E-state index is -3.83. The van der Waals surface area contributed by atoms with E-state index in [9.17, 15) is 22.0 Å². The molecule has 1 aromatic carbocycles. The third kappa shape index (κ3) is 4.75. The van der Waals surface area contributed by atoms with Crippen LogP contribution in [-0.2, 0) is 14.8 Å². The fraction of sp³-hybridized carbons (Fsp3) is 0.500. The van der Waals surface area contributed by atoms with Crippen molar-refractivity contribution < 1.29 is 22.0 Å². The molecular formula is C26H29F2N7O3S2. The molecule has 1 aliphatic heterocycles. The van der Waals surface area contributed by atoms with E-state index in [4.69, 9.17) is 0 Å². The minimum Gasteiger partial charge on any atom is -0.342 e. The zero-order valence-electron chi connectivity index (χ0n) is 22.3. The summed E-state index contributed by atoms with van der Waals surface area (Å²) in [7, 11) is -3.83. The topological polar surface area (TPSA) is 123 Å². The predicted octanol–water partition coefficient (Wildman–Crippen LogP) is 4.56. The Morgan fingerprint density at radius 2 is 1.88 bits per heavy atom. The van der Waals surface area contributed by atoms with Gasteiger partial charge in [-0.3, -0.25) is 9.36 Å². The third-order valence-corrected chi connectivity index (χ3v) is 10.3. The molecule has 1 N–H and O–H groups in total. The van der Waals surface area contributed by atoms with Gasteiger partial charge in [0.25, 0.3) is 6.43 Å². The molecule has 0 radical (unpaired) electrons. The van der Waals surface area contributed by atoms with E-state index in [1.54, 1.807) is 16.7 Å². The van der Waals surface area contributed by atoms with Crippen LogP contribution in [0.1, 0.15) is 69.5 Å². The number of amides is 1. The van der Waals surface area contributed by atoms with Crippen LogP contribution in [0.25, 0.3) is 27.1 Å². The second-order valence-electron chi connectivity index (χ2n) is 11.1. The Bertz CT molecular complexity index is 1720. The van der Waals surface area contributed by atoms with Gasteiger partial charge in [-0.2, -0.15) is 0 Å². The van der Waals surface area contributed by atoms with Crippen molar-refractivity contribution in [1.29, 1.82) is 0 Å². The molecule has 3 aromatic heterocycles. The Balaban J connectivity index is 1.50. The molecule has 40 heavy (non-hydrogen) atoms. The molecule has 2 fully saturated rings. The number of hydrogen-bond acceptors (Lipinski definition) is 8. The maximum absolute atomic E-state index is 13.4. The van der Waals surface area contributed by atoms with Crippen LogP contribution in [0.3, 0.4) is 0 Å². The molecular weight excluding hydrogens is 560 g/mol. The number of hydrogen-bond donors (Lipinski definition) is 1. The summed E-state index contributed by atoms with van der Waals surface area (Å²) >= 11 is 0.730. The van der Waals surface area contributed by atoms with Crippen LogP contribution in [-0.4, -0.2) is 62.6 Å². The van der Waals surface area contributed by atoms with E-state index in [2.05, 4.69) is 24.9 Å². The Labute approximate surface area is 233 Å². The van der Waals surface area contributed by atoms with Gasteiger partial charge >= 0.3 is 0 Å². The fourth-order valence-corrected chi connectivity index (χ4v) is 7.53. The van der Waals surface area contributed by atoms with E-state index >= 15 is 0 Å². The number of carbonyl (C=O) groups is 1. The third-order valence-electron chi connectivity index (χ3n) is 7.73. The lowest BCUT2D eigenvalue weighted by atomic mass is 9.90. The van der Waals surface area contributed by atoms with E-state index in [0.29, 0.717) is 47.9 Å². The highest BCUT2D eigenvalue weighted by Crippen LogP contribution is 2.40. The molecule has 1 saturated heterocycles. The minimum absolute atomic E-state index is 0.0340. The van der Waals surface area contributed by atoms with Gasteiger partial charge in [0.15, 0.2) is 10.7 Å². The monoisotopic (exact) mass is 589 g/mol. The van der Waals surface area contributed by atoms with Gasteiger partial charge in [-0.05, 0) is 44.7 Å². The average molecular weight is 590 g/mol. The molecule has 1 aliphatic carbocycles. The molecule has 2 aliphatic rings. The van der Waals surface area contributed by atoms with Crippen molar-refractivity contribution in [1.82, 2.24) is 34.4 Å². The van der Waals surface area contributed by atoms with Crippen molar-refractivity contribution in [3.8, 4) is 5.13 Å². The van der Waals surface area contributed by atoms with Gasteiger partial charge in [-0.15, -0.1) is 10.2 Å². The molecule has 212 valence electrons. The summed E-state index contributed by atoms with van der Waals surface area (Å²) in [6.45, 7) is 6.84. The fourth-order valence-electron chi connectivity index (χ4n) is 5.33. The van der Waals surface area contributed by atoms with Crippen molar-refractivity contribution >= 4 is 49.2 Å². The number of nitrogens with one attached hydrogen (secondary N) is 1. The first-order valence-electron chi connectivity index (χ1n) is 13.2. The first-order valence-corrected chi connectivity index (χ1v) is 15.5. The van der Waals surface area contributed by atoms with Crippen molar-refractivity contribution in [3.05, 3.63) is 35.2 Å². The highest BCUT2D eigenvalue weighted by atomic mass is 32.2. The molecule has 1 amide bonds. The number of aromatic nitrogens is 5. The van der Waals surface area contributed by atoms with Crippen LogP contribution < -0.4 is 4.72 Å². The Hall–Kier alpha value is -3.10. The first-order chi connectivity index (χ1) is 19.0. The molecule has 0 spiro atoms. The second-order valence-corrected chi connectivity index (χ2v) is 13.8. The number of sulfonamides is 1. The highest BCUT2D eigenvalue weighted by Gasteiger charge is 2.41. The van der Waals surface area contributed by atoms with Gasteiger partial charge in [0.1, 0.15) is 6.33 Å². The van der Waals surface area contributed by atoms with Gasteiger partial charge < -0.3 is 4.90 Å². The van der Waals surface area contributed by atoms with E-state index in [1.165, 1.54) is 12.4 Å². The number of fused-ring (bicyclic) bond motifs is 3. The number of rotatable bonds is 7. The maximum atomic E-state index is 13.4. The van der Waals surface area contributed by atoms with E-state index < -0.39 is 27.0 Å². The molecule has 0 atom stereocenters. The van der Waals surface area contributed by atoms with E-state index in [1.807, 2.05) is 25.7 Å². The lowest BCUT2D eigenvalue weighted by molar-refractivity contribution is -0.135. The summed E-state index contributed by atoms with van der Waals surface area (Å²) in [6.07, 6.45) is 1.58. The Morgan fingerprint density at radius 3 is 2.50 bits per heavy atom. The molecule has 6 rings (SSSR count). The number of nitrogens with zero attached hydrogens (tertiary/aromatic N) is 6. The predicted molar refractivity (Wildman–Crippen MR) is 146 cm³/mol. The summed E-state index contributed by atoms with van der Waals surface area (Å²) in [5.41, 5.74) is 1.22. The Morgan fingerprint density at radius 1 is 1.15 bits per heavy atom. The zero-order valence-corrected chi connectivity index (χ0v) is 23.9. The van der Waals surface area contributed by atoms with Crippen LogP contribution in [0.4, 0.5) is 8.78 Å². The van der Waals surface area contributed by atoms with Gasteiger partial charge in [-0.25, -0.2) is 31.9 Å². The maximum Gasteiger partial charge on any atom is 0.291 e. The lowest BCUT2D eigenvalue weighted by Gasteiger charge is -2.33. The molecule has 1 saturated carbocycles. The van der Waals surface area contributed by atoms with Crippen LogP contribution in [0.2, 0.25) is 0 Å². The van der Waals surface area contributed by atoms with E-state index in [0.717, 1.165) is 29.9 Å². The summed E-state index contributed by atoms with van der Waals surface area (Å²) in [6, 6.07) is 4.80. The number of alkyl halides is 2. The average Bonchev–Trinajstić information content (AvgIpc) is 3.31. The van der Waals surface area contributed by atoms with E-state index in [-0.39, 0.29) is 27.8 Å². The molecule has 0 bridgehead atoms. The molecule has 14 heteroatoms. The second kappa shape index (κ2) is 9.77. The standard InChI is InChI=1S/C26H29F2N7O3S2/c1-14(2)24(36)34-10-6-15(7-11-34)20-19-17-5-4-16(40(37,38)33-26(3)8-9-26)12-18(17)35(22(19)30-13-29-20)25-32-31-23(39-25)21(27)28/h4-5,12-15,21,33H,6-11H2,1-3H3. The van der Waals surface area contributed by atoms with Crippen LogP contribution in [0, 0.1) is 5.92 Å². The molecule has 4 aromatic rings. The number of halogens is 2. The largest absolute Gasteiger partial charge is 0.342 e. The summed E-state index contributed by atoms with van der Waals surface area (Å²) in [4.78, 5) is 23.6. The van der Waals surface area contributed by atoms with Crippen LogP contribution >= 0.6 is 11.3 Å². The van der Waals surface area contributed by atoms with Crippen molar-refractivity contribution in [2.75, 3.05) is 13.1 Å². The number of piperidine rings is 1.